The maximum Gasteiger partial charge on any atom is 0.257 e. The first-order valence-electron chi connectivity index (χ1n) is 8.83. The molecule has 1 aromatic rings. The lowest BCUT2D eigenvalue weighted by Crippen LogP contribution is -2.31. The minimum Gasteiger partial charge on any atom is -0.484 e. The van der Waals surface area contributed by atoms with Crippen LogP contribution in [0.3, 0.4) is 0 Å². The van der Waals surface area contributed by atoms with E-state index in [0.29, 0.717) is 17.8 Å². The molecule has 30 heavy (non-hydrogen) atoms. The molecule has 0 aliphatic carbocycles. The number of allylic oxidation sites excluding steroid dienone is 3. The predicted octanol–water partition coefficient (Wildman–Crippen LogP) is 2.76. The van der Waals surface area contributed by atoms with Crippen LogP contribution < -0.4 is 20.7 Å². The molecule has 0 radical (unpaired) electrons. The van der Waals surface area contributed by atoms with Gasteiger partial charge in [0, 0.05) is 43.4 Å². The highest BCUT2D eigenvalue weighted by molar-refractivity contribution is 6.30. The molecule has 0 aromatic heterocycles. The second-order valence-corrected chi connectivity index (χ2v) is 6.33. The summed E-state index contributed by atoms with van der Waals surface area (Å²) >= 11 is 5.57. The van der Waals surface area contributed by atoms with Crippen LogP contribution in [0.1, 0.15) is 13.3 Å². The first-order valence-corrected chi connectivity index (χ1v) is 9.20. The van der Waals surface area contributed by atoms with Crippen molar-refractivity contribution in [3.05, 3.63) is 77.9 Å². The predicted molar refractivity (Wildman–Crippen MR) is 113 cm³/mol. The van der Waals surface area contributed by atoms with Crippen LogP contribution in [0.15, 0.2) is 67.1 Å². The minimum absolute atomic E-state index is 0.0351. The average molecular weight is 436 g/mol. The van der Waals surface area contributed by atoms with E-state index in [9.17, 15) is 18.8 Å². The van der Waals surface area contributed by atoms with Gasteiger partial charge >= 0.3 is 0 Å². The van der Waals surface area contributed by atoms with Crippen LogP contribution in [0.2, 0.25) is 5.02 Å². The van der Waals surface area contributed by atoms with Gasteiger partial charge in [0.2, 0.25) is 11.8 Å². The van der Waals surface area contributed by atoms with Crippen LogP contribution in [-0.4, -0.2) is 30.9 Å². The van der Waals surface area contributed by atoms with Crippen molar-refractivity contribution in [2.24, 2.45) is 0 Å². The highest BCUT2D eigenvalue weighted by Gasteiger charge is 2.06. The van der Waals surface area contributed by atoms with E-state index in [2.05, 4.69) is 29.1 Å². The van der Waals surface area contributed by atoms with Crippen molar-refractivity contribution in [2.75, 3.05) is 13.2 Å². The number of amides is 3. The van der Waals surface area contributed by atoms with Crippen molar-refractivity contribution in [1.82, 2.24) is 16.0 Å². The maximum atomic E-state index is 13.3. The third-order valence-electron chi connectivity index (χ3n) is 3.37. The van der Waals surface area contributed by atoms with Gasteiger partial charge in [-0.1, -0.05) is 30.8 Å². The van der Waals surface area contributed by atoms with Crippen molar-refractivity contribution < 1.29 is 23.5 Å². The van der Waals surface area contributed by atoms with Crippen LogP contribution in [0, 0.1) is 5.82 Å². The van der Waals surface area contributed by atoms with E-state index in [0.717, 1.165) is 6.07 Å². The zero-order chi connectivity index (χ0) is 22.5. The van der Waals surface area contributed by atoms with Gasteiger partial charge in [0.05, 0.1) is 5.02 Å². The number of benzene rings is 1. The second kappa shape index (κ2) is 12.9. The lowest BCUT2D eigenvalue weighted by Gasteiger charge is -2.09. The Hall–Kier alpha value is -3.39. The number of carbonyl (C=O) groups excluding carboxylic acids is 3. The Bertz CT molecular complexity index is 881. The van der Waals surface area contributed by atoms with Gasteiger partial charge in [0.25, 0.3) is 5.91 Å². The van der Waals surface area contributed by atoms with Crippen LogP contribution >= 0.6 is 11.6 Å². The summed E-state index contributed by atoms with van der Waals surface area (Å²) in [6.45, 7) is 8.55. The number of hydrogen-bond donors (Lipinski definition) is 3. The normalized spacial score (nSPS) is 11.0. The summed E-state index contributed by atoms with van der Waals surface area (Å²) in [7, 11) is 0. The molecule has 0 heterocycles. The summed E-state index contributed by atoms with van der Waals surface area (Å²) in [6, 6.07) is 3.87. The second-order valence-electron chi connectivity index (χ2n) is 5.92. The van der Waals surface area contributed by atoms with Gasteiger partial charge in [-0.15, -0.1) is 0 Å². The molecule has 3 N–H and O–H groups in total. The molecule has 3 amide bonds. The van der Waals surface area contributed by atoms with Crippen LogP contribution in [0.5, 0.6) is 5.75 Å². The molecule has 0 atom stereocenters. The van der Waals surface area contributed by atoms with Crippen molar-refractivity contribution in [3.63, 3.8) is 0 Å². The number of nitrogens with one attached hydrogen (secondary N) is 3. The number of halogens is 2. The third-order valence-corrected chi connectivity index (χ3v) is 3.68. The summed E-state index contributed by atoms with van der Waals surface area (Å²) in [5.74, 6) is -1.53. The van der Waals surface area contributed by atoms with E-state index in [-0.39, 0.29) is 29.8 Å². The number of carbonyl (C=O) groups is 3. The maximum absolute atomic E-state index is 13.3. The first-order chi connectivity index (χ1) is 14.2. The Kier molecular flexibility index (Phi) is 10.6. The summed E-state index contributed by atoms with van der Waals surface area (Å²) < 4.78 is 18.5. The topological polar surface area (TPSA) is 96.5 Å². The molecule has 9 heteroatoms. The Labute approximate surface area is 179 Å². The van der Waals surface area contributed by atoms with Gasteiger partial charge in [-0.25, -0.2) is 4.39 Å². The van der Waals surface area contributed by atoms with E-state index in [4.69, 9.17) is 16.3 Å². The number of rotatable bonds is 11. The van der Waals surface area contributed by atoms with Crippen LogP contribution in [0.25, 0.3) is 0 Å². The van der Waals surface area contributed by atoms with E-state index >= 15 is 0 Å². The largest absolute Gasteiger partial charge is 0.484 e. The lowest BCUT2D eigenvalue weighted by molar-refractivity contribution is -0.123. The lowest BCUT2D eigenvalue weighted by atomic mass is 10.3. The number of hydrogen-bond acceptors (Lipinski definition) is 4. The molecular weight excluding hydrogens is 413 g/mol. The Balaban J connectivity index is 2.30. The van der Waals surface area contributed by atoms with E-state index < -0.39 is 17.6 Å². The first kappa shape index (κ1) is 24.6. The minimum atomic E-state index is -0.637. The van der Waals surface area contributed by atoms with Gasteiger partial charge in [-0.05, 0) is 24.3 Å². The highest BCUT2D eigenvalue weighted by atomic mass is 35.5. The molecule has 0 spiro atoms. The van der Waals surface area contributed by atoms with E-state index in [1.807, 2.05) is 0 Å². The zero-order valence-electron chi connectivity index (χ0n) is 16.5. The Morgan fingerprint density at radius 1 is 1.27 bits per heavy atom. The van der Waals surface area contributed by atoms with Crippen molar-refractivity contribution >= 4 is 29.3 Å². The molecule has 160 valence electrons. The molecule has 0 fully saturated rings. The Morgan fingerprint density at radius 2 is 2.00 bits per heavy atom. The fourth-order valence-corrected chi connectivity index (χ4v) is 2.12. The van der Waals surface area contributed by atoms with Gasteiger partial charge in [-0.2, -0.15) is 0 Å². The highest BCUT2D eigenvalue weighted by Crippen LogP contribution is 2.20. The molecule has 7 nitrogen and oxygen atoms in total. The molecule has 0 aliphatic heterocycles. The fraction of sp³-hybridized carbons (Fsp3) is 0.190. The standard InChI is InChI=1S/C21H23ClFN3O4/c1-4-16(26-15(3)27)6-5-7-20(28)25-14(2)10-11-24-21(29)13-30-17-8-9-18(22)19(23)12-17/h4-9,12H,1-2,10-11,13H2,3H3,(H,24,29)(H,25,28)(H,26,27)/b7-5+,16-6+. The summed E-state index contributed by atoms with van der Waals surface area (Å²) in [4.78, 5) is 34.5. The molecule has 1 aromatic carbocycles. The quantitative estimate of drug-likeness (QED) is 0.368. The SMILES string of the molecule is C=C/C(=C\C=C\C(=O)NC(=C)CCNC(=O)COc1ccc(Cl)c(F)c1)NC(C)=O. The third kappa shape index (κ3) is 10.2. The van der Waals surface area contributed by atoms with Gasteiger partial charge in [-0.3, -0.25) is 14.4 Å². The van der Waals surface area contributed by atoms with Crippen LogP contribution in [0.4, 0.5) is 4.39 Å². The van der Waals surface area contributed by atoms with Crippen molar-refractivity contribution in [3.8, 4) is 5.75 Å². The van der Waals surface area contributed by atoms with E-state index in [1.54, 1.807) is 0 Å². The van der Waals surface area contributed by atoms with Gasteiger partial charge < -0.3 is 20.7 Å². The molecule has 1 rings (SSSR count). The van der Waals surface area contributed by atoms with Crippen molar-refractivity contribution in [2.45, 2.75) is 13.3 Å². The Morgan fingerprint density at radius 3 is 2.63 bits per heavy atom. The van der Waals surface area contributed by atoms with Crippen LogP contribution in [-0.2, 0) is 14.4 Å². The summed E-state index contributed by atoms with van der Waals surface area (Å²) in [5.41, 5.74) is 0.858. The molecule has 0 aliphatic rings. The average Bonchev–Trinajstić information content (AvgIpc) is 2.67. The van der Waals surface area contributed by atoms with E-state index in [1.165, 1.54) is 43.4 Å². The summed E-state index contributed by atoms with van der Waals surface area (Å²) in [5, 5.41) is 7.65. The van der Waals surface area contributed by atoms with Gasteiger partial charge in [0.15, 0.2) is 6.61 Å². The van der Waals surface area contributed by atoms with Gasteiger partial charge in [0.1, 0.15) is 11.6 Å². The fourth-order valence-electron chi connectivity index (χ4n) is 2.00. The van der Waals surface area contributed by atoms with Crippen molar-refractivity contribution in [1.29, 1.82) is 0 Å². The smallest absolute Gasteiger partial charge is 0.257 e. The molecule has 0 saturated carbocycles. The zero-order valence-corrected chi connectivity index (χ0v) is 17.2. The molecule has 0 saturated heterocycles. The molecular formula is C21H23ClFN3O4. The molecule has 0 bridgehead atoms. The monoisotopic (exact) mass is 435 g/mol. The molecule has 0 unspecified atom stereocenters. The number of ether oxygens (including phenoxy) is 1. The summed E-state index contributed by atoms with van der Waals surface area (Å²) in [6.07, 6.45) is 5.98.